The molecule has 1 amide bonds. The predicted molar refractivity (Wildman–Crippen MR) is 76.1 cm³/mol. The van der Waals surface area contributed by atoms with Gasteiger partial charge in [-0.1, -0.05) is 13.8 Å². The van der Waals surface area contributed by atoms with E-state index in [1.807, 2.05) is 13.8 Å². The number of halogens is 1. The van der Waals surface area contributed by atoms with E-state index in [1.54, 1.807) is 24.0 Å². The van der Waals surface area contributed by atoms with Gasteiger partial charge in [0.1, 0.15) is 11.6 Å². The number of ketones is 1. The molecule has 1 saturated heterocycles. The molecule has 1 aromatic carbocycles. The second-order valence-electron chi connectivity index (χ2n) is 5.68. The normalized spacial score (nSPS) is 19.6. The highest BCUT2D eigenvalue weighted by atomic mass is 19.1. The quantitative estimate of drug-likeness (QED) is 0.796. The second kappa shape index (κ2) is 5.73. The van der Waals surface area contributed by atoms with Crippen LogP contribution < -0.4 is 4.90 Å². The number of hydrogen-bond acceptors (Lipinski definition) is 2. The lowest BCUT2D eigenvalue weighted by Gasteiger charge is -2.32. The van der Waals surface area contributed by atoms with Crippen LogP contribution >= 0.6 is 0 Å². The fourth-order valence-corrected chi connectivity index (χ4v) is 2.59. The van der Waals surface area contributed by atoms with Crippen LogP contribution in [0.3, 0.4) is 0 Å². The van der Waals surface area contributed by atoms with Crippen LogP contribution in [0.15, 0.2) is 18.2 Å². The molecule has 1 aliphatic rings. The van der Waals surface area contributed by atoms with E-state index in [-0.39, 0.29) is 23.4 Å². The number of anilines is 1. The number of piperidine rings is 1. The van der Waals surface area contributed by atoms with Gasteiger partial charge in [-0.15, -0.1) is 0 Å². The molecular formula is C16H20FNO2. The number of Topliss-reactive ketones (excluding diaryl/α,β-unsaturated/α-hetero) is 1. The van der Waals surface area contributed by atoms with Crippen molar-refractivity contribution in [2.75, 3.05) is 11.4 Å². The predicted octanol–water partition coefficient (Wildman–Crippen LogP) is 3.10. The molecule has 0 N–H and O–H groups in total. The van der Waals surface area contributed by atoms with Crippen LogP contribution in [0.2, 0.25) is 0 Å². The molecule has 1 aliphatic heterocycles. The van der Waals surface area contributed by atoms with Crippen LogP contribution in [0.5, 0.6) is 0 Å². The van der Waals surface area contributed by atoms with E-state index in [0.29, 0.717) is 24.2 Å². The van der Waals surface area contributed by atoms with Crippen molar-refractivity contribution >= 4 is 17.4 Å². The topological polar surface area (TPSA) is 37.4 Å². The molecule has 1 atom stereocenters. The van der Waals surface area contributed by atoms with Crippen molar-refractivity contribution in [1.29, 1.82) is 0 Å². The maximum Gasteiger partial charge on any atom is 0.237 e. The van der Waals surface area contributed by atoms with Gasteiger partial charge < -0.3 is 4.90 Å². The maximum atomic E-state index is 13.3. The molecule has 0 spiro atoms. The number of carbonyl (C=O) groups is 2. The first-order valence-corrected chi connectivity index (χ1v) is 7.03. The minimum atomic E-state index is -0.547. The van der Waals surface area contributed by atoms with Gasteiger partial charge in [-0.05, 0) is 43.5 Å². The van der Waals surface area contributed by atoms with Crippen LogP contribution in [0.4, 0.5) is 10.1 Å². The molecule has 0 radical (unpaired) electrons. The van der Waals surface area contributed by atoms with Crippen molar-refractivity contribution in [2.24, 2.45) is 11.8 Å². The highest BCUT2D eigenvalue weighted by Crippen LogP contribution is 2.27. The number of amides is 1. The summed E-state index contributed by atoms with van der Waals surface area (Å²) in [4.78, 5) is 26.2. The molecule has 0 aliphatic carbocycles. The van der Waals surface area contributed by atoms with E-state index in [9.17, 15) is 14.0 Å². The van der Waals surface area contributed by atoms with Crippen LogP contribution in [0.25, 0.3) is 0 Å². The van der Waals surface area contributed by atoms with E-state index in [1.165, 1.54) is 6.07 Å². The molecule has 0 bridgehead atoms. The summed E-state index contributed by atoms with van der Waals surface area (Å²) in [5.74, 6) is -1.12. The van der Waals surface area contributed by atoms with E-state index in [2.05, 4.69) is 0 Å². The van der Waals surface area contributed by atoms with Crippen molar-refractivity contribution in [1.82, 2.24) is 0 Å². The van der Waals surface area contributed by atoms with Crippen LogP contribution in [-0.2, 0) is 9.59 Å². The zero-order chi connectivity index (χ0) is 14.9. The minimum Gasteiger partial charge on any atom is -0.312 e. The Hall–Kier alpha value is -1.71. The first-order chi connectivity index (χ1) is 9.41. The molecule has 20 heavy (non-hydrogen) atoms. The Balaban J connectivity index is 2.26. The largest absolute Gasteiger partial charge is 0.312 e. The van der Waals surface area contributed by atoms with Gasteiger partial charge in [0.25, 0.3) is 0 Å². The number of carbonyl (C=O) groups excluding carboxylic acids is 2. The average Bonchev–Trinajstić information content (AvgIpc) is 2.41. The molecule has 1 aromatic rings. The van der Waals surface area contributed by atoms with Crippen LogP contribution in [-0.4, -0.2) is 18.2 Å². The summed E-state index contributed by atoms with van der Waals surface area (Å²) in [5.41, 5.74) is 1.18. The van der Waals surface area contributed by atoms with Gasteiger partial charge in [-0.2, -0.15) is 0 Å². The van der Waals surface area contributed by atoms with Gasteiger partial charge >= 0.3 is 0 Å². The Morgan fingerprint density at radius 2 is 2.10 bits per heavy atom. The summed E-state index contributed by atoms with van der Waals surface area (Å²) < 4.78 is 13.3. The Morgan fingerprint density at radius 1 is 1.40 bits per heavy atom. The molecule has 3 nitrogen and oxygen atoms in total. The third-order valence-electron chi connectivity index (χ3n) is 3.80. The van der Waals surface area contributed by atoms with Gasteiger partial charge in [0.2, 0.25) is 5.91 Å². The third kappa shape index (κ3) is 2.74. The minimum absolute atomic E-state index is 0.00136. The molecular weight excluding hydrogens is 257 g/mol. The number of hydrogen-bond donors (Lipinski definition) is 0. The van der Waals surface area contributed by atoms with E-state index >= 15 is 0 Å². The van der Waals surface area contributed by atoms with Gasteiger partial charge in [-0.25, -0.2) is 4.39 Å². The first kappa shape index (κ1) is 14.7. The maximum absolute atomic E-state index is 13.3. The van der Waals surface area contributed by atoms with Gasteiger partial charge in [0.15, 0.2) is 0 Å². The summed E-state index contributed by atoms with van der Waals surface area (Å²) in [6, 6.07) is 4.63. The van der Waals surface area contributed by atoms with Gasteiger partial charge in [0.05, 0.1) is 5.92 Å². The number of aryl methyl sites for hydroxylation is 1. The number of rotatable bonds is 3. The lowest BCUT2D eigenvalue weighted by molar-refractivity contribution is -0.135. The fraction of sp³-hybridized carbons (Fsp3) is 0.500. The Kier molecular flexibility index (Phi) is 4.21. The summed E-state index contributed by atoms with van der Waals surface area (Å²) in [6.45, 7) is 5.89. The molecule has 0 saturated carbocycles. The van der Waals surface area contributed by atoms with Gasteiger partial charge in [-0.3, -0.25) is 9.59 Å². The van der Waals surface area contributed by atoms with Crippen molar-refractivity contribution < 1.29 is 14.0 Å². The zero-order valence-corrected chi connectivity index (χ0v) is 12.1. The van der Waals surface area contributed by atoms with E-state index in [4.69, 9.17) is 0 Å². The molecule has 1 heterocycles. The van der Waals surface area contributed by atoms with Gasteiger partial charge in [0, 0.05) is 18.2 Å². The Morgan fingerprint density at radius 3 is 2.70 bits per heavy atom. The lowest BCUT2D eigenvalue weighted by atomic mass is 9.87. The first-order valence-electron chi connectivity index (χ1n) is 7.03. The van der Waals surface area contributed by atoms with Crippen molar-refractivity contribution in [3.05, 3.63) is 29.6 Å². The molecule has 0 aromatic heterocycles. The van der Waals surface area contributed by atoms with Crippen molar-refractivity contribution in [3.8, 4) is 0 Å². The molecule has 4 heteroatoms. The number of benzene rings is 1. The summed E-state index contributed by atoms with van der Waals surface area (Å²) in [7, 11) is 0. The summed E-state index contributed by atoms with van der Waals surface area (Å²) in [5, 5.41) is 0. The third-order valence-corrected chi connectivity index (χ3v) is 3.80. The molecule has 2 rings (SSSR count). The monoisotopic (exact) mass is 277 g/mol. The smallest absolute Gasteiger partial charge is 0.237 e. The average molecular weight is 277 g/mol. The Labute approximate surface area is 118 Å². The Bertz CT molecular complexity index is 539. The fourth-order valence-electron chi connectivity index (χ4n) is 2.59. The van der Waals surface area contributed by atoms with Crippen LogP contribution in [0.1, 0.15) is 32.3 Å². The van der Waals surface area contributed by atoms with E-state index in [0.717, 1.165) is 6.42 Å². The summed E-state index contributed by atoms with van der Waals surface area (Å²) >= 11 is 0. The number of nitrogens with zero attached hydrogens (tertiary/aromatic N) is 1. The van der Waals surface area contributed by atoms with Crippen molar-refractivity contribution in [2.45, 2.75) is 33.6 Å². The standard InChI is InChI=1S/C16H20FNO2/c1-10(2)15(19)13-5-4-8-18(16(13)20)12-6-7-14(17)11(3)9-12/h6-7,9-10,13H,4-5,8H2,1-3H3/t13-/m1/s1. The highest BCUT2D eigenvalue weighted by Gasteiger charge is 2.35. The SMILES string of the molecule is Cc1cc(N2CCC[C@H](C(=O)C(C)C)C2=O)ccc1F. The van der Waals surface area contributed by atoms with Crippen molar-refractivity contribution in [3.63, 3.8) is 0 Å². The second-order valence-corrected chi connectivity index (χ2v) is 5.68. The van der Waals surface area contributed by atoms with Crippen LogP contribution in [0, 0.1) is 24.6 Å². The zero-order valence-electron chi connectivity index (χ0n) is 12.1. The molecule has 0 unspecified atom stereocenters. The molecule has 1 fully saturated rings. The highest BCUT2D eigenvalue weighted by molar-refractivity contribution is 6.09. The van der Waals surface area contributed by atoms with E-state index < -0.39 is 5.92 Å². The summed E-state index contributed by atoms with van der Waals surface area (Å²) in [6.07, 6.45) is 1.41. The molecule has 108 valence electrons. The lowest BCUT2D eigenvalue weighted by Crippen LogP contribution is -2.45.